The van der Waals surface area contributed by atoms with E-state index in [2.05, 4.69) is 10.1 Å². The van der Waals surface area contributed by atoms with Gasteiger partial charge in [0.2, 0.25) is 0 Å². The zero-order valence-electron chi connectivity index (χ0n) is 10.7. The maximum atomic E-state index is 14.1. The second-order valence-corrected chi connectivity index (χ2v) is 5.34. The van der Waals surface area contributed by atoms with Gasteiger partial charge in [0.1, 0.15) is 18.8 Å². The van der Waals surface area contributed by atoms with Crippen LogP contribution in [-0.4, -0.2) is 32.6 Å². The van der Waals surface area contributed by atoms with E-state index in [0.29, 0.717) is 15.6 Å². The predicted molar refractivity (Wildman–Crippen MR) is 75.9 cm³/mol. The maximum absolute atomic E-state index is 14.1. The molecule has 2 rings (SSSR count). The highest BCUT2D eigenvalue weighted by Crippen LogP contribution is 2.37. The van der Waals surface area contributed by atoms with Gasteiger partial charge in [-0.25, -0.2) is 14.1 Å². The van der Waals surface area contributed by atoms with Crippen LogP contribution in [0.25, 0.3) is 0 Å². The number of alkyl halides is 1. The summed E-state index contributed by atoms with van der Waals surface area (Å²) in [6.07, 6.45) is 1.56. The molecule has 7 heteroatoms. The fourth-order valence-electron chi connectivity index (χ4n) is 2.28. The van der Waals surface area contributed by atoms with Gasteiger partial charge in [-0.3, -0.25) is 0 Å². The van der Waals surface area contributed by atoms with Crippen LogP contribution in [0.4, 0.5) is 4.39 Å². The molecule has 0 fully saturated rings. The smallest absolute Gasteiger partial charge is 0.137 e. The minimum absolute atomic E-state index is 0.277. The van der Waals surface area contributed by atoms with Crippen LogP contribution in [-0.2, 0) is 0 Å². The quantitative estimate of drug-likeness (QED) is 0.920. The summed E-state index contributed by atoms with van der Waals surface area (Å²) in [7, 11) is 0. The minimum Gasteiger partial charge on any atom is -0.394 e. The topological polar surface area (TPSA) is 50.9 Å². The van der Waals surface area contributed by atoms with E-state index in [1.54, 1.807) is 18.2 Å². The SMILES string of the molecule is CC(F)C(c1ccc(Cl)cc1Cl)C(CO)n1cncn1. The normalized spacial score (nSPS) is 15.8. The Morgan fingerprint density at radius 1 is 1.40 bits per heavy atom. The largest absolute Gasteiger partial charge is 0.394 e. The van der Waals surface area contributed by atoms with Crippen molar-refractivity contribution in [1.29, 1.82) is 0 Å². The Balaban J connectivity index is 2.45. The number of aliphatic hydroxyl groups is 1. The Morgan fingerprint density at radius 3 is 2.65 bits per heavy atom. The highest BCUT2D eigenvalue weighted by molar-refractivity contribution is 6.35. The Morgan fingerprint density at radius 2 is 2.15 bits per heavy atom. The van der Waals surface area contributed by atoms with Crippen molar-refractivity contribution < 1.29 is 9.50 Å². The number of halogens is 3. The van der Waals surface area contributed by atoms with Gasteiger partial charge in [-0.2, -0.15) is 5.10 Å². The van der Waals surface area contributed by atoms with Crippen molar-refractivity contribution in [3.8, 4) is 0 Å². The average molecular weight is 318 g/mol. The lowest BCUT2D eigenvalue weighted by Gasteiger charge is -2.28. The number of rotatable bonds is 5. The van der Waals surface area contributed by atoms with Crippen LogP contribution >= 0.6 is 23.2 Å². The molecule has 1 N–H and O–H groups in total. The zero-order chi connectivity index (χ0) is 14.7. The second kappa shape index (κ2) is 6.52. The van der Waals surface area contributed by atoms with Crippen molar-refractivity contribution in [3.63, 3.8) is 0 Å². The van der Waals surface area contributed by atoms with Crippen LogP contribution < -0.4 is 0 Å². The van der Waals surface area contributed by atoms with Crippen molar-refractivity contribution in [2.45, 2.75) is 25.1 Å². The lowest BCUT2D eigenvalue weighted by atomic mass is 9.88. The molecule has 0 aliphatic carbocycles. The summed E-state index contributed by atoms with van der Waals surface area (Å²) in [5.41, 5.74) is 0.584. The molecule has 0 bridgehead atoms. The Bertz CT molecular complexity index is 563. The highest BCUT2D eigenvalue weighted by atomic mass is 35.5. The average Bonchev–Trinajstić information content (AvgIpc) is 2.90. The number of hydrogen-bond acceptors (Lipinski definition) is 3. The van der Waals surface area contributed by atoms with Gasteiger partial charge in [0.15, 0.2) is 0 Å². The summed E-state index contributed by atoms with van der Waals surface area (Å²) in [5, 5.41) is 14.4. The van der Waals surface area contributed by atoms with Crippen LogP contribution in [0.5, 0.6) is 0 Å². The van der Waals surface area contributed by atoms with E-state index in [4.69, 9.17) is 23.2 Å². The molecule has 3 atom stereocenters. The van der Waals surface area contributed by atoms with E-state index in [9.17, 15) is 9.50 Å². The van der Waals surface area contributed by atoms with Gasteiger partial charge in [-0.15, -0.1) is 0 Å². The summed E-state index contributed by atoms with van der Waals surface area (Å²) >= 11 is 12.0. The van der Waals surface area contributed by atoms with E-state index in [1.807, 2.05) is 0 Å². The van der Waals surface area contributed by atoms with Crippen LogP contribution in [0, 0.1) is 0 Å². The molecule has 1 aromatic carbocycles. The summed E-state index contributed by atoms with van der Waals surface area (Å²) < 4.78 is 15.5. The first-order valence-electron chi connectivity index (χ1n) is 6.08. The third-order valence-corrected chi connectivity index (χ3v) is 3.76. The van der Waals surface area contributed by atoms with Crippen molar-refractivity contribution in [1.82, 2.24) is 14.8 Å². The van der Waals surface area contributed by atoms with E-state index in [0.717, 1.165) is 0 Å². The third-order valence-electron chi connectivity index (χ3n) is 3.19. The van der Waals surface area contributed by atoms with Gasteiger partial charge in [0.25, 0.3) is 0 Å². The van der Waals surface area contributed by atoms with Crippen molar-refractivity contribution in [2.75, 3.05) is 6.61 Å². The van der Waals surface area contributed by atoms with E-state index in [1.165, 1.54) is 24.3 Å². The molecule has 20 heavy (non-hydrogen) atoms. The van der Waals surface area contributed by atoms with Crippen molar-refractivity contribution >= 4 is 23.2 Å². The van der Waals surface area contributed by atoms with Crippen molar-refractivity contribution in [3.05, 3.63) is 46.5 Å². The summed E-state index contributed by atoms with van der Waals surface area (Å²) in [6, 6.07) is 4.29. The van der Waals surface area contributed by atoms with E-state index >= 15 is 0 Å². The molecule has 0 saturated carbocycles. The standard InChI is InChI=1S/C13H14Cl2FN3O/c1-8(16)13(10-3-2-9(14)4-11(10)15)12(5-20)19-7-17-6-18-19/h2-4,6-8,12-13,20H,5H2,1H3. The number of benzene rings is 1. The fraction of sp³-hybridized carbons (Fsp3) is 0.385. The molecule has 0 saturated heterocycles. The Hall–Kier alpha value is -1.17. The first-order valence-corrected chi connectivity index (χ1v) is 6.84. The van der Waals surface area contributed by atoms with Crippen LogP contribution in [0.15, 0.2) is 30.9 Å². The molecule has 0 spiro atoms. The number of aliphatic hydroxyl groups excluding tert-OH is 1. The molecule has 1 heterocycles. The van der Waals surface area contributed by atoms with Gasteiger partial charge in [0, 0.05) is 16.0 Å². The Kier molecular flexibility index (Phi) is 4.96. The number of nitrogens with zero attached hydrogens (tertiary/aromatic N) is 3. The van der Waals surface area contributed by atoms with Crippen molar-refractivity contribution in [2.24, 2.45) is 0 Å². The second-order valence-electron chi connectivity index (χ2n) is 4.49. The lowest BCUT2D eigenvalue weighted by molar-refractivity contribution is 0.154. The van der Waals surface area contributed by atoms with Gasteiger partial charge in [0.05, 0.1) is 12.6 Å². The summed E-state index contributed by atoms with van der Waals surface area (Å²) in [6.45, 7) is 1.15. The monoisotopic (exact) mass is 317 g/mol. The molecular weight excluding hydrogens is 304 g/mol. The number of hydrogen-bond donors (Lipinski definition) is 1. The third kappa shape index (κ3) is 3.11. The fourth-order valence-corrected chi connectivity index (χ4v) is 2.82. The van der Waals surface area contributed by atoms with Gasteiger partial charge in [-0.05, 0) is 24.6 Å². The molecule has 108 valence electrons. The van der Waals surface area contributed by atoms with E-state index < -0.39 is 18.1 Å². The highest BCUT2D eigenvalue weighted by Gasteiger charge is 2.31. The molecule has 2 aromatic rings. The van der Waals surface area contributed by atoms with Gasteiger partial charge >= 0.3 is 0 Å². The first kappa shape index (κ1) is 15.2. The first-order chi connectivity index (χ1) is 9.54. The van der Waals surface area contributed by atoms with Crippen LogP contribution in [0.2, 0.25) is 10.0 Å². The molecule has 3 unspecified atom stereocenters. The molecule has 0 aliphatic heterocycles. The molecular formula is C13H14Cl2FN3O. The van der Waals surface area contributed by atoms with E-state index in [-0.39, 0.29) is 6.61 Å². The summed E-state index contributed by atoms with van der Waals surface area (Å²) in [4.78, 5) is 3.83. The maximum Gasteiger partial charge on any atom is 0.137 e. The number of aromatic nitrogens is 3. The van der Waals surface area contributed by atoms with Crippen LogP contribution in [0.1, 0.15) is 24.4 Å². The Labute approximate surface area is 126 Å². The molecule has 0 amide bonds. The minimum atomic E-state index is -1.23. The molecule has 0 aliphatic rings. The lowest BCUT2D eigenvalue weighted by Crippen LogP contribution is -2.27. The van der Waals surface area contributed by atoms with Gasteiger partial charge < -0.3 is 5.11 Å². The zero-order valence-corrected chi connectivity index (χ0v) is 12.3. The summed E-state index contributed by atoms with van der Waals surface area (Å²) in [5.74, 6) is -0.647. The van der Waals surface area contributed by atoms with Crippen LogP contribution in [0.3, 0.4) is 0 Å². The predicted octanol–water partition coefficient (Wildman–Crippen LogP) is 3.26. The molecule has 4 nitrogen and oxygen atoms in total. The molecule has 0 radical (unpaired) electrons. The van der Waals surface area contributed by atoms with Gasteiger partial charge in [-0.1, -0.05) is 29.3 Å². The molecule has 1 aromatic heterocycles.